The summed E-state index contributed by atoms with van der Waals surface area (Å²) in [5.41, 5.74) is 5.47. The molecule has 7 aromatic rings. The molecule has 4 aromatic heterocycles. The average molecular weight is 659 g/mol. The van der Waals surface area contributed by atoms with Crippen molar-refractivity contribution in [2.24, 2.45) is 0 Å². The first kappa shape index (κ1) is 30.6. The largest absolute Gasteiger partial charge is 0.487 e. The van der Waals surface area contributed by atoms with Crippen LogP contribution in [0.4, 0.5) is 5.82 Å². The normalized spacial score (nSPS) is 19.1. The summed E-state index contributed by atoms with van der Waals surface area (Å²) in [6, 6.07) is 22.4. The van der Waals surface area contributed by atoms with E-state index < -0.39 is 31.1 Å². The Morgan fingerprint density at radius 1 is 1.02 bits per heavy atom. The Morgan fingerprint density at radius 3 is 2.80 bits per heavy atom. The number of benzene rings is 3. The van der Waals surface area contributed by atoms with Crippen LogP contribution in [0.25, 0.3) is 33.0 Å². The Bertz CT molecular complexity index is 2250. The summed E-state index contributed by atoms with van der Waals surface area (Å²) in [4.78, 5) is 33.3. The number of carbonyl (C=O) groups excluding carboxylic acids is 1. The number of amides is 1. The van der Waals surface area contributed by atoms with Gasteiger partial charge >= 0.3 is 0 Å². The molecule has 1 aliphatic heterocycles. The number of aromatic nitrogens is 6. The van der Waals surface area contributed by atoms with Gasteiger partial charge in [0, 0.05) is 40.8 Å². The summed E-state index contributed by atoms with van der Waals surface area (Å²) < 4.78 is 13.8. The third kappa shape index (κ3) is 5.84. The number of fused-ring (bicyclic) bond motifs is 3. The highest BCUT2D eigenvalue weighted by Gasteiger charge is 2.46. The van der Waals surface area contributed by atoms with Gasteiger partial charge in [0.2, 0.25) is 0 Å². The number of rotatable bonds is 11. The summed E-state index contributed by atoms with van der Waals surface area (Å²) in [5, 5.41) is 29.3. The van der Waals surface area contributed by atoms with Crippen LogP contribution in [0.3, 0.4) is 0 Å². The first-order chi connectivity index (χ1) is 24.1. The Balaban J connectivity index is 0.978. The van der Waals surface area contributed by atoms with Crippen LogP contribution in [-0.2, 0) is 17.8 Å². The Hall–Kier alpha value is -5.76. The van der Waals surface area contributed by atoms with Crippen LogP contribution >= 0.6 is 0 Å². The second-order valence-corrected chi connectivity index (χ2v) is 12.0. The highest BCUT2D eigenvalue weighted by Crippen LogP contribution is 2.33. The van der Waals surface area contributed by atoms with Crippen LogP contribution < -0.4 is 15.4 Å². The molecule has 5 heterocycles. The van der Waals surface area contributed by atoms with Gasteiger partial charge in [-0.25, -0.2) is 15.0 Å². The van der Waals surface area contributed by atoms with E-state index in [1.54, 1.807) is 29.2 Å². The minimum atomic E-state index is -1.17. The van der Waals surface area contributed by atoms with Crippen molar-refractivity contribution in [1.29, 1.82) is 0 Å². The van der Waals surface area contributed by atoms with E-state index in [4.69, 9.17) is 9.47 Å². The first-order valence-electron chi connectivity index (χ1n) is 16.1. The molecular weight excluding hydrogens is 624 g/mol. The molecule has 49 heavy (non-hydrogen) atoms. The van der Waals surface area contributed by atoms with Crippen molar-refractivity contribution in [2.45, 2.75) is 37.5 Å². The van der Waals surface area contributed by atoms with Gasteiger partial charge in [-0.05, 0) is 47.9 Å². The number of aromatic amines is 2. The molecule has 6 N–H and O–H groups in total. The Morgan fingerprint density at radius 2 is 1.92 bits per heavy atom. The van der Waals surface area contributed by atoms with Gasteiger partial charge < -0.3 is 40.3 Å². The van der Waals surface area contributed by atoms with Gasteiger partial charge in [0.1, 0.15) is 36.9 Å². The van der Waals surface area contributed by atoms with Crippen molar-refractivity contribution >= 4 is 44.7 Å². The van der Waals surface area contributed by atoms with Gasteiger partial charge in [0.05, 0.1) is 18.5 Å². The lowest BCUT2D eigenvalue weighted by atomic mass is 10.1. The summed E-state index contributed by atoms with van der Waals surface area (Å²) in [6.45, 7) is 0.619. The molecule has 0 saturated carbocycles. The highest BCUT2D eigenvalue weighted by molar-refractivity contribution is 5.98. The quantitative estimate of drug-likeness (QED) is 0.120. The maximum Gasteiger partial charge on any atom is 0.251 e. The lowest BCUT2D eigenvalue weighted by Gasteiger charge is -2.23. The zero-order valence-corrected chi connectivity index (χ0v) is 26.3. The molecule has 13 heteroatoms. The van der Waals surface area contributed by atoms with Crippen LogP contribution in [0.15, 0.2) is 97.8 Å². The Kier molecular flexibility index (Phi) is 8.13. The van der Waals surface area contributed by atoms with Crippen molar-refractivity contribution < 1.29 is 24.5 Å². The maximum atomic E-state index is 13.3. The Labute approximate surface area is 279 Å². The van der Waals surface area contributed by atoms with Crippen LogP contribution in [0.5, 0.6) is 5.75 Å². The van der Waals surface area contributed by atoms with Gasteiger partial charge in [-0.3, -0.25) is 9.36 Å². The van der Waals surface area contributed by atoms with Crippen molar-refractivity contribution in [3.8, 4) is 5.75 Å². The molecule has 1 aliphatic rings. The minimum absolute atomic E-state index is 0.382. The number of aliphatic hydroxyl groups is 2. The summed E-state index contributed by atoms with van der Waals surface area (Å²) in [5.74, 6) is 0.948. The predicted octanol–water partition coefficient (Wildman–Crippen LogP) is 4.07. The predicted molar refractivity (Wildman–Crippen MR) is 183 cm³/mol. The van der Waals surface area contributed by atoms with E-state index in [9.17, 15) is 15.0 Å². The SMILES string of the molecule is O=C(N[C@@H]1[C@H](O)[C@@H](CO)O[C@H]1n1cnc2c(NCCc3c[nH]c4c(OCc5ccccc5)cccc34)ncnc21)c1ccc2[nH]ccc2c1. The molecule has 0 spiro atoms. The van der Waals surface area contributed by atoms with Gasteiger partial charge in [-0.15, -0.1) is 0 Å². The van der Waals surface area contributed by atoms with Crippen molar-refractivity contribution in [2.75, 3.05) is 18.5 Å². The summed E-state index contributed by atoms with van der Waals surface area (Å²) in [7, 11) is 0. The van der Waals surface area contributed by atoms with E-state index >= 15 is 0 Å². The fraction of sp³-hybridized carbons (Fsp3) is 0.222. The number of imidazole rings is 1. The van der Waals surface area contributed by atoms with E-state index in [0.717, 1.165) is 38.7 Å². The summed E-state index contributed by atoms with van der Waals surface area (Å²) >= 11 is 0. The zero-order valence-electron chi connectivity index (χ0n) is 26.3. The van der Waals surface area contributed by atoms with Crippen molar-refractivity contribution in [3.05, 3.63) is 115 Å². The molecule has 0 bridgehead atoms. The van der Waals surface area contributed by atoms with Crippen LogP contribution in [0, 0.1) is 0 Å². The second-order valence-electron chi connectivity index (χ2n) is 12.0. The number of ether oxygens (including phenoxy) is 2. The van der Waals surface area contributed by atoms with E-state index in [0.29, 0.717) is 42.1 Å². The van der Waals surface area contributed by atoms with Gasteiger partial charge in [-0.2, -0.15) is 0 Å². The van der Waals surface area contributed by atoms with Crippen LogP contribution in [0.2, 0.25) is 0 Å². The average Bonchev–Trinajstić information content (AvgIpc) is 3.94. The molecule has 3 aromatic carbocycles. The number of hydrogen-bond acceptors (Lipinski definition) is 9. The maximum absolute atomic E-state index is 13.3. The lowest BCUT2D eigenvalue weighted by molar-refractivity contribution is -0.0440. The third-order valence-electron chi connectivity index (χ3n) is 8.98. The van der Waals surface area contributed by atoms with Gasteiger partial charge in [-0.1, -0.05) is 42.5 Å². The smallest absolute Gasteiger partial charge is 0.251 e. The summed E-state index contributed by atoms with van der Waals surface area (Å²) in [6.07, 6.45) is 4.50. The molecule has 4 atom stereocenters. The first-order valence-corrected chi connectivity index (χ1v) is 16.1. The number of aliphatic hydroxyl groups excluding tert-OH is 2. The number of nitrogens with one attached hydrogen (secondary N) is 4. The van der Waals surface area contributed by atoms with Crippen LogP contribution in [0.1, 0.15) is 27.7 Å². The zero-order chi connectivity index (χ0) is 33.3. The van der Waals surface area contributed by atoms with Gasteiger partial charge in [0.15, 0.2) is 23.2 Å². The van der Waals surface area contributed by atoms with Crippen LogP contribution in [-0.4, -0.2) is 77.0 Å². The molecule has 13 nitrogen and oxygen atoms in total. The van der Waals surface area contributed by atoms with E-state index in [1.165, 1.54) is 6.33 Å². The molecule has 0 radical (unpaired) electrons. The van der Waals surface area contributed by atoms with Crippen molar-refractivity contribution in [1.82, 2.24) is 34.8 Å². The standard InChI is InChI=1S/C36H34N8O5/c45-17-28-32(46)30(43-35(47)23-9-10-26-22(15-23)11-13-37-26)36(49-28)44-20-42-31-33(40-19-41-34(31)44)38-14-12-24-16-39-29-25(24)7-4-8-27(29)48-18-21-5-2-1-3-6-21/h1-11,13,15-16,19-20,28,30,32,36-37,39,45-46H,12,14,17-18H2,(H,43,47)(H,38,40,41)/t28-,30-,32-,36-/m1/s1. The number of hydrogen-bond donors (Lipinski definition) is 6. The van der Waals surface area contributed by atoms with Gasteiger partial charge in [0.25, 0.3) is 5.91 Å². The fourth-order valence-electron chi connectivity index (χ4n) is 6.45. The number of para-hydroxylation sites is 1. The number of nitrogens with zero attached hydrogens (tertiary/aromatic N) is 4. The molecular formula is C36H34N8O5. The number of carbonyl (C=O) groups is 1. The van der Waals surface area contributed by atoms with Crippen molar-refractivity contribution in [3.63, 3.8) is 0 Å². The second kappa shape index (κ2) is 13.0. The molecule has 1 amide bonds. The lowest BCUT2D eigenvalue weighted by Crippen LogP contribution is -2.46. The molecule has 0 aliphatic carbocycles. The molecule has 8 rings (SSSR count). The molecule has 248 valence electrons. The monoisotopic (exact) mass is 658 g/mol. The molecule has 1 saturated heterocycles. The number of anilines is 1. The minimum Gasteiger partial charge on any atom is -0.487 e. The van der Waals surface area contributed by atoms with E-state index in [2.05, 4.69) is 41.6 Å². The topological polar surface area (TPSA) is 175 Å². The van der Waals surface area contributed by atoms with E-state index in [1.807, 2.05) is 60.8 Å². The third-order valence-corrected chi connectivity index (χ3v) is 8.98. The highest BCUT2D eigenvalue weighted by atomic mass is 16.5. The number of H-pyrrole nitrogens is 2. The fourth-order valence-corrected chi connectivity index (χ4v) is 6.45. The molecule has 0 unspecified atom stereocenters. The van der Waals surface area contributed by atoms with E-state index in [-0.39, 0.29) is 5.91 Å². The molecule has 1 fully saturated rings.